The molecule has 2 N–H and O–H groups in total. The van der Waals surface area contributed by atoms with Crippen LogP contribution >= 0.6 is 0 Å². The summed E-state index contributed by atoms with van der Waals surface area (Å²) in [6, 6.07) is 10.7. The molecule has 1 aromatic carbocycles. The van der Waals surface area contributed by atoms with Gasteiger partial charge in [-0.15, -0.1) is 0 Å². The lowest BCUT2D eigenvalue weighted by molar-refractivity contribution is 0.0655. The van der Waals surface area contributed by atoms with Gasteiger partial charge in [0.05, 0.1) is 0 Å². The minimum atomic E-state index is -1.40. The van der Waals surface area contributed by atoms with Crippen molar-refractivity contribution in [1.29, 1.82) is 0 Å². The Morgan fingerprint density at radius 2 is 1.35 bits per heavy atom. The summed E-state index contributed by atoms with van der Waals surface area (Å²) in [6.07, 6.45) is 17.0. The Morgan fingerprint density at radius 3 is 1.73 bits per heavy atom. The standard InChI is InChI=1S/C16H32O2Si.C6H7N/c1-2-3-14-19(17-15-10-6-4-7-11-15)18-16-12-8-5-9-13-16;7-6-4-2-1-3-5-6/h15-16,19H,2-14H2,1H3;1-5H,7H2. The van der Waals surface area contributed by atoms with E-state index in [9.17, 15) is 0 Å². The summed E-state index contributed by atoms with van der Waals surface area (Å²) in [5, 5.41) is 0. The molecule has 0 unspecified atom stereocenters. The molecule has 148 valence electrons. The lowest BCUT2D eigenvalue weighted by Gasteiger charge is -2.31. The van der Waals surface area contributed by atoms with Crippen molar-refractivity contribution in [3.63, 3.8) is 0 Å². The van der Waals surface area contributed by atoms with Gasteiger partial charge in [0.25, 0.3) is 0 Å². The molecule has 0 spiro atoms. The number of rotatable bonds is 7. The van der Waals surface area contributed by atoms with Gasteiger partial charge >= 0.3 is 9.28 Å². The molecule has 0 radical (unpaired) electrons. The molecule has 2 aliphatic carbocycles. The SMILES string of the molecule is CCCC[SiH](OC1CCCCC1)OC1CCCCC1.Nc1ccccc1. The second-order valence-corrected chi connectivity index (χ2v) is 9.76. The van der Waals surface area contributed by atoms with Crippen LogP contribution in [0.5, 0.6) is 0 Å². The zero-order valence-corrected chi connectivity index (χ0v) is 17.9. The second kappa shape index (κ2) is 13.3. The molecular weight excluding hydrogens is 338 g/mol. The van der Waals surface area contributed by atoms with Gasteiger partial charge < -0.3 is 14.6 Å². The van der Waals surface area contributed by atoms with E-state index in [0.717, 1.165) is 5.69 Å². The summed E-state index contributed by atoms with van der Waals surface area (Å²) in [7, 11) is -1.40. The Balaban J connectivity index is 0.000000290. The molecule has 2 aliphatic rings. The molecule has 2 saturated carbocycles. The van der Waals surface area contributed by atoms with E-state index in [1.807, 2.05) is 30.3 Å². The Morgan fingerprint density at radius 1 is 0.846 bits per heavy atom. The first-order valence-corrected chi connectivity index (χ1v) is 12.6. The highest BCUT2D eigenvalue weighted by Crippen LogP contribution is 2.25. The number of para-hydroxylation sites is 1. The van der Waals surface area contributed by atoms with Gasteiger partial charge in [-0.25, -0.2) is 0 Å². The van der Waals surface area contributed by atoms with Crippen molar-refractivity contribution in [3.8, 4) is 0 Å². The molecule has 0 amide bonds. The van der Waals surface area contributed by atoms with Crippen molar-refractivity contribution in [1.82, 2.24) is 0 Å². The van der Waals surface area contributed by atoms with Crippen molar-refractivity contribution in [3.05, 3.63) is 30.3 Å². The Bertz CT molecular complexity index is 425. The van der Waals surface area contributed by atoms with Gasteiger partial charge in [0.2, 0.25) is 0 Å². The van der Waals surface area contributed by atoms with E-state index in [0.29, 0.717) is 12.2 Å². The Hall–Kier alpha value is -0.843. The van der Waals surface area contributed by atoms with E-state index < -0.39 is 9.28 Å². The fourth-order valence-corrected chi connectivity index (χ4v) is 6.30. The van der Waals surface area contributed by atoms with Gasteiger partial charge in [0.15, 0.2) is 0 Å². The molecule has 4 heteroatoms. The summed E-state index contributed by atoms with van der Waals surface area (Å²) >= 11 is 0. The molecule has 26 heavy (non-hydrogen) atoms. The molecule has 1 aromatic rings. The van der Waals surface area contributed by atoms with Crippen molar-refractivity contribution in [2.75, 3.05) is 5.73 Å². The Labute approximate surface area is 162 Å². The number of nitrogens with two attached hydrogens (primary N) is 1. The molecule has 0 aliphatic heterocycles. The van der Waals surface area contributed by atoms with Crippen molar-refractivity contribution >= 4 is 15.0 Å². The molecule has 3 nitrogen and oxygen atoms in total. The lowest BCUT2D eigenvalue weighted by Crippen LogP contribution is -2.34. The molecular formula is C22H39NO2Si. The molecule has 0 aromatic heterocycles. The second-order valence-electron chi connectivity index (χ2n) is 7.77. The highest BCUT2D eigenvalue weighted by Gasteiger charge is 2.25. The molecule has 2 fully saturated rings. The van der Waals surface area contributed by atoms with E-state index in [2.05, 4.69) is 6.92 Å². The van der Waals surface area contributed by atoms with Gasteiger partial charge in [0, 0.05) is 17.9 Å². The van der Waals surface area contributed by atoms with E-state index in [1.165, 1.54) is 83.1 Å². The zero-order chi connectivity index (χ0) is 18.5. The predicted octanol–water partition coefficient (Wildman–Crippen LogP) is 5.97. The van der Waals surface area contributed by atoms with Crippen LogP contribution in [0.2, 0.25) is 6.04 Å². The number of nitrogen functional groups attached to an aromatic ring is 1. The number of hydrogen-bond donors (Lipinski definition) is 1. The first kappa shape index (κ1) is 21.5. The van der Waals surface area contributed by atoms with Crippen LogP contribution in [-0.2, 0) is 8.85 Å². The first-order chi connectivity index (χ1) is 12.8. The summed E-state index contributed by atoms with van der Waals surface area (Å²) < 4.78 is 12.8. The average molecular weight is 378 g/mol. The van der Waals surface area contributed by atoms with Crippen LogP contribution in [0.1, 0.15) is 84.0 Å². The third-order valence-electron chi connectivity index (χ3n) is 5.39. The van der Waals surface area contributed by atoms with Gasteiger partial charge in [-0.1, -0.05) is 76.5 Å². The monoisotopic (exact) mass is 377 g/mol. The highest BCUT2D eigenvalue weighted by atomic mass is 28.3. The Kier molecular flexibility index (Phi) is 11.0. The minimum Gasteiger partial charge on any atom is -0.399 e. The van der Waals surface area contributed by atoms with Gasteiger partial charge in [-0.05, 0) is 43.9 Å². The van der Waals surface area contributed by atoms with Crippen LogP contribution < -0.4 is 5.73 Å². The van der Waals surface area contributed by atoms with Crippen LogP contribution in [0.4, 0.5) is 5.69 Å². The van der Waals surface area contributed by atoms with Crippen LogP contribution in [0.25, 0.3) is 0 Å². The summed E-state index contributed by atoms with van der Waals surface area (Å²) in [5.74, 6) is 0. The minimum absolute atomic E-state index is 0.533. The van der Waals surface area contributed by atoms with Gasteiger partial charge in [-0.2, -0.15) is 0 Å². The molecule has 3 rings (SSSR count). The van der Waals surface area contributed by atoms with Crippen molar-refractivity contribution < 1.29 is 8.85 Å². The fraction of sp³-hybridized carbons (Fsp3) is 0.727. The van der Waals surface area contributed by atoms with Crippen LogP contribution in [0.15, 0.2) is 30.3 Å². The number of unbranched alkanes of at least 4 members (excludes halogenated alkanes) is 1. The first-order valence-electron chi connectivity index (χ1n) is 10.9. The summed E-state index contributed by atoms with van der Waals surface area (Å²) in [5.41, 5.74) is 6.18. The van der Waals surface area contributed by atoms with Crippen molar-refractivity contribution in [2.24, 2.45) is 0 Å². The normalized spacial score (nSPS) is 19.2. The van der Waals surface area contributed by atoms with Crippen molar-refractivity contribution in [2.45, 2.75) is 102 Å². The van der Waals surface area contributed by atoms with E-state index >= 15 is 0 Å². The maximum atomic E-state index is 6.41. The summed E-state index contributed by atoms with van der Waals surface area (Å²) in [4.78, 5) is 0. The zero-order valence-electron chi connectivity index (χ0n) is 16.7. The summed E-state index contributed by atoms with van der Waals surface area (Å²) in [6.45, 7) is 2.27. The van der Waals surface area contributed by atoms with E-state index in [-0.39, 0.29) is 0 Å². The molecule has 0 bridgehead atoms. The highest BCUT2D eigenvalue weighted by molar-refractivity contribution is 6.44. The smallest absolute Gasteiger partial charge is 0.321 e. The van der Waals surface area contributed by atoms with E-state index in [4.69, 9.17) is 14.6 Å². The third kappa shape index (κ3) is 9.20. The maximum Gasteiger partial charge on any atom is 0.321 e. The average Bonchev–Trinajstić information content (AvgIpc) is 2.69. The quantitative estimate of drug-likeness (QED) is 0.470. The maximum absolute atomic E-state index is 6.41. The van der Waals surface area contributed by atoms with Gasteiger partial charge in [0.1, 0.15) is 0 Å². The molecule has 0 atom stereocenters. The number of hydrogen-bond acceptors (Lipinski definition) is 3. The number of anilines is 1. The third-order valence-corrected chi connectivity index (χ3v) is 7.64. The largest absolute Gasteiger partial charge is 0.399 e. The van der Waals surface area contributed by atoms with E-state index in [1.54, 1.807) is 0 Å². The number of benzene rings is 1. The van der Waals surface area contributed by atoms with Crippen LogP contribution in [0, 0.1) is 0 Å². The molecule has 0 saturated heterocycles. The fourth-order valence-electron chi connectivity index (χ4n) is 3.82. The topological polar surface area (TPSA) is 44.5 Å². The lowest BCUT2D eigenvalue weighted by atomic mass is 9.98. The molecule has 0 heterocycles. The van der Waals surface area contributed by atoms with Crippen LogP contribution in [-0.4, -0.2) is 21.5 Å². The van der Waals surface area contributed by atoms with Crippen LogP contribution in [0.3, 0.4) is 0 Å². The predicted molar refractivity (Wildman–Crippen MR) is 114 cm³/mol. The van der Waals surface area contributed by atoms with Gasteiger partial charge in [-0.3, -0.25) is 0 Å².